The van der Waals surface area contributed by atoms with Gasteiger partial charge in [0.25, 0.3) is 5.91 Å². The molecule has 0 atom stereocenters. The third-order valence-corrected chi connectivity index (χ3v) is 2.62. The van der Waals surface area contributed by atoms with Crippen LogP contribution >= 0.6 is 0 Å². The molecular formula is C12H19N3O3. The number of carbonyl (C=O) groups excluding carboxylic acids is 1. The maximum Gasteiger partial charge on any atom is 0.305 e. The minimum absolute atomic E-state index is 0.0511. The lowest BCUT2D eigenvalue weighted by Crippen LogP contribution is -2.33. The summed E-state index contributed by atoms with van der Waals surface area (Å²) < 4.78 is 1.71. The minimum Gasteiger partial charge on any atom is -0.481 e. The molecule has 0 aliphatic carbocycles. The molecule has 1 aromatic rings. The second-order valence-corrected chi connectivity index (χ2v) is 4.30. The molecule has 0 aliphatic heterocycles. The van der Waals surface area contributed by atoms with Gasteiger partial charge in [0.15, 0.2) is 0 Å². The Hall–Kier alpha value is -1.85. The van der Waals surface area contributed by atoms with Crippen molar-refractivity contribution in [2.75, 3.05) is 13.1 Å². The summed E-state index contributed by atoms with van der Waals surface area (Å²) in [6.07, 6.45) is 1.70. The fraction of sp³-hybridized carbons (Fsp3) is 0.583. The van der Waals surface area contributed by atoms with E-state index < -0.39 is 5.97 Å². The highest BCUT2D eigenvalue weighted by molar-refractivity contribution is 5.92. The number of nitrogens with zero attached hydrogens (tertiary/aromatic N) is 3. The van der Waals surface area contributed by atoms with Gasteiger partial charge in [0.2, 0.25) is 0 Å². The Balaban J connectivity index is 2.73. The minimum atomic E-state index is -0.908. The molecule has 1 heterocycles. The molecule has 6 nitrogen and oxygen atoms in total. The highest BCUT2D eigenvalue weighted by Gasteiger charge is 2.18. The van der Waals surface area contributed by atoms with E-state index in [9.17, 15) is 9.59 Å². The van der Waals surface area contributed by atoms with Crippen molar-refractivity contribution in [2.24, 2.45) is 0 Å². The summed E-state index contributed by atoms with van der Waals surface area (Å²) in [6.45, 7) is 6.45. The Kier molecular flexibility index (Phi) is 4.88. The number of carboxylic acid groups (broad SMARTS) is 1. The Morgan fingerprint density at radius 3 is 2.61 bits per heavy atom. The van der Waals surface area contributed by atoms with Gasteiger partial charge in [-0.3, -0.25) is 14.3 Å². The fourth-order valence-corrected chi connectivity index (χ4v) is 1.54. The molecule has 0 aliphatic rings. The Labute approximate surface area is 106 Å². The predicted octanol–water partition coefficient (Wildman–Crippen LogP) is 1.40. The largest absolute Gasteiger partial charge is 0.481 e. The van der Waals surface area contributed by atoms with Crippen LogP contribution in [0.15, 0.2) is 12.3 Å². The monoisotopic (exact) mass is 253 g/mol. The molecule has 100 valence electrons. The maximum atomic E-state index is 12.1. The average molecular weight is 253 g/mol. The van der Waals surface area contributed by atoms with Crippen LogP contribution in [-0.4, -0.2) is 44.8 Å². The van der Waals surface area contributed by atoms with Crippen LogP contribution in [0.2, 0.25) is 0 Å². The Morgan fingerprint density at radius 2 is 2.17 bits per heavy atom. The van der Waals surface area contributed by atoms with Crippen molar-refractivity contribution in [1.29, 1.82) is 0 Å². The molecular weight excluding hydrogens is 234 g/mol. The van der Waals surface area contributed by atoms with Gasteiger partial charge in [0.05, 0.1) is 6.42 Å². The van der Waals surface area contributed by atoms with Gasteiger partial charge in [-0.05, 0) is 26.8 Å². The molecule has 6 heteroatoms. The van der Waals surface area contributed by atoms with E-state index in [1.807, 2.05) is 20.8 Å². The van der Waals surface area contributed by atoms with Gasteiger partial charge < -0.3 is 10.0 Å². The number of hydrogen-bond donors (Lipinski definition) is 1. The topological polar surface area (TPSA) is 75.4 Å². The third-order valence-electron chi connectivity index (χ3n) is 2.62. The number of aromatic nitrogens is 2. The number of rotatable bonds is 6. The zero-order valence-corrected chi connectivity index (χ0v) is 11.0. The first-order chi connectivity index (χ1) is 8.45. The van der Waals surface area contributed by atoms with Crippen LogP contribution < -0.4 is 0 Å². The number of carboxylic acids is 1. The fourth-order valence-electron chi connectivity index (χ4n) is 1.54. The van der Waals surface area contributed by atoms with Gasteiger partial charge in [-0.25, -0.2) is 0 Å². The lowest BCUT2D eigenvalue weighted by atomic mass is 10.3. The molecule has 0 unspecified atom stereocenters. The molecule has 0 saturated carbocycles. The summed E-state index contributed by atoms with van der Waals surface area (Å²) in [6, 6.07) is 1.85. The zero-order valence-electron chi connectivity index (χ0n) is 11.0. The van der Waals surface area contributed by atoms with Gasteiger partial charge in [-0.15, -0.1) is 0 Å². The normalized spacial score (nSPS) is 10.7. The van der Waals surface area contributed by atoms with E-state index in [4.69, 9.17) is 5.11 Å². The lowest BCUT2D eigenvalue weighted by molar-refractivity contribution is -0.137. The van der Waals surface area contributed by atoms with Crippen LogP contribution in [0.25, 0.3) is 0 Å². The van der Waals surface area contributed by atoms with Gasteiger partial charge in [-0.1, -0.05) is 0 Å². The van der Waals surface area contributed by atoms with Crippen molar-refractivity contribution in [2.45, 2.75) is 33.2 Å². The molecule has 0 aromatic carbocycles. The quantitative estimate of drug-likeness (QED) is 0.831. The standard InChI is InChI=1S/C12H19N3O3/c1-4-14(7-6-11(16)17)12(18)10-5-8-15(13-10)9(2)3/h5,8-9H,4,6-7H2,1-3H3,(H,16,17). The summed E-state index contributed by atoms with van der Waals surface area (Å²) in [5.74, 6) is -1.13. The number of carbonyl (C=O) groups is 2. The lowest BCUT2D eigenvalue weighted by Gasteiger charge is -2.18. The van der Waals surface area contributed by atoms with Crippen LogP contribution in [0, 0.1) is 0 Å². The van der Waals surface area contributed by atoms with Crippen LogP contribution in [0.1, 0.15) is 43.7 Å². The zero-order chi connectivity index (χ0) is 13.7. The second kappa shape index (κ2) is 6.18. The average Bonchev–Trinajstić information content (AvgIpc) is 2.78. The molecule has 1 N–H and O–H groups in total. The molecule has 0 fully saturated rings. The van der Waals surface area contributed by atoms with Crippen molar-refractivity contribution in [1.82, 2.24) is 14.7 Å². The van der Waals surface area contributed by atoms with Crippen molar-refractivity contribution in [3.8, 4) is 0 Å². The van der Waals surface area contributed by atoms with E-state index in [-0.39, 0.29) is 24.9 Å². The van der Waals surface area contributed by atoms with Crippen LogP contribution in [-0.2, 0) is 4.79 Å². The summed E-state index contributed by atoms with van der Waals surface area (Å²) in [4.78, 5) is 24.1. The molecule has 0 bridgehead atoms. The molecule has 18 heavy (non-hydrogen) atoms. The first kappa shape index (κ1) is 14.2. The highest BCUT2D eigenvalue weighted by atomic mass is 16.4. The molecule has 0 spiro atoms. The Bertz CT molecular complexity index is 426. The van der Waals surface area contributed by atoms with Gasteiger partial charge >= 0.3 is 5.97 Å². The summed E-state index contributed by atoms with van der Waals surface area (Å²) in [5, 5.41) is 12.8. The van der Waals surface area contributed by atoms with Crippen LogP contribution in [0.3, 0.4) is 0 Å². The smallest absolute Gasteiger partial charge is 0.305 e. The van der Waals surface area contributed by atoms with Crippen LogP contribution in [0.4, 0.5) is 0 Å². The van der Waals surface area contributed by atoms with E-state index in [1.165, 1.54) is 4.90 Å². The van der Waals surface area contributed by atoms with Crippen molar-refractivity contribution < 1.29 is 14.7 Å². The Morgan fingerprint density at radius 1 is 1.50 bits per heavy atom. The van der Waals surface area contributed by atoms with E-state index in [0.717, 1.165) is 0 Å². The van der Waals surface area contributed by atoms with Gasteiger partial charge in [0.1, 0.15) is 5.69 Å². The maximum absolute atomic E-state index is 12.1. The first-order valence-electron chi connectivity index (χ1n) is 6.02. The first-order valence-corrected chi connectivity index (χ1v) is 6.02. The number of hydrogen-bond acceptors (Lipinski definition) is 3. The van der Waals surface area contributed by atoms with Crippen molar-refractivity contribution in [3.05, 3.63) is 18.0 Å². The number of amides is 1. The van der Waals surface area contributed by atoms with Crippen molar-refractivity contribution >= 4 is 11.9 Å². The summed E-state index contributed by atoms with van der Waals surface area (Å²) in [7, 11) is 0. The van der Waals surface area contributed by atoms with Crippen molar-refractivity contribution in [3.63, 3.8) is 0 Å². The second-order valence-electron chi connectivity index (χ2n) is 4.30. The van der Waals surface area contributed by atoms with Gasteiger partial charge in [0, 0.05) is 25.3 Å². The van der Waals surface area contributed by atoms with Crippen LogP contribution in [0.5, 0.6) is 0 Å². The van der Waals surface area contributed by atoms with E-state index in [1.54, 1.807) is 16.9 Å². The molecule has 0 radical (unpaired) electrons. The molecule has 1 rings (SSSR count). The van der Waals surface area contributed by atoms with E-state index >= 15 is 0 Å². The summed E-state index contributed by atoms with van der Waals surface area (Å²) >= 11 is 0. The van der Waals surface area contributed by atoms with E-state index in [2.05, 4.69) is 5.10 Å². The highest BCUT2D eigenvalue weighted by Crippen LogP contribution is 2.07. The molecule has 0 saturated heterocycles. The number of aliphatic carboxylic acids is 1. The molecule has 1 amide bonds. The third kappa shape index (κ3) is 3.58. The molecule has 1 aromatic heterocycles. The predicted molar refractivity (Wildman–Crippen MR) is 66.4 cm³/mol. The van der Waals surface area contributed by atoms with E-state index in [0.29, 0.717) is 12.2 Å². The SMILES string of the molecule is CCN(CCC(=O)O)C(=O)c1ccn(C(C)C)n1. The summed E-state index contributed by atoms with van der Waals surface area (Å²) in [5.41, 5.74) is 0.357. The van der Waals surface area contributed by atoms with Gasteiger partial charge in [-0.2, -0.15) is 5.10 Å².